The monoisotopic (exact) mass is 292 g/mol. The van der Waals surface area contributed by atoms with E-state index in [4.69, 9.17) is 11.6 Å². The van der Waals surface area contributed by atoms with Gasteiger partial charge in [-0.25, -0.2) is 4.39 Å². The Morgan fingerprint density at radius 1 is 1.25 bits per heavy atom. The lowest BCUT2D eigenvalue weighted by atomic mass is 10.1. The maximum atomic E-state index is 13.5. The van der Waals surface area contributed by atoms with Gasteiger partial charge in [0, 0.05) is 29.9 Å². The van der Waals surface area contributed by atoms with Gasteiger partial charge in [-0.05, 0) is 24.3 Å². The first-order chi connectivity index (χ1) is 9.61. The van der Waals surface area contributed by atoms with Gasteiger partial charge in [0.2, 0.25) is 0 Å². The van der Waals surface area contributed by atoms with Crippen LogP contribution in [-0.4, -0.2) is 13.0 Å². The zero-order chi connectivity index (χ0) is 14.5. The summed E-state index contributed by atoms with van der Waals surface area (Å²) in [5.74, 6) is -0.646. The van der Waals surface area contributed by atoms with E-state index in [1.807, 2.05) is 0 Å². The average Bonchev–Trinajstić information content (AvgIpc) is 2.46. The molecule has 2 N–H and O–H groups in total. The highest BCUT2D eigenvalue weighted by molar-refractivity contribution is 6.31. The van der Waals surface area contributed by atoms with Crippen molar-refractivity contribution in [2.45, 2.75) is 6.54 Å². The van der Waals surface area contributed by atoms with Crippen molar-refractivity contribution in [2.75, 3.05) is 12.4 Å². The number of carbonyl (C=O) groups is 1. The van der Waals surface area contributed by atoms with Gasteiger partial charge in [0.1, 0.15) is 5.82 Å². The third kappa shape index (κ3) is 3.27. The summed E-state index contributed by atoms with van der Waals surface area (Å²) >= 11 is 5.89. The lowest BCUT2D eigenvalue weighted by Crippen LogP contribution is -2.24. The van der Waals surface area contributed by atoms with Gasteiger partial charge in [-0.15, -0.1) is 0 Å². The molecule has 20 heavy (non-hydrogen) atoms. The van der Waals surface area contributed by atoms with Gasteiger partial charge >= 0.3 is 0 Å². The van der Waals surface area contributed by atoms with E-state index in [1.54, 1.807) is 43.4 Å². The zero-order valence-corrected chi connectivity index (χ0v) is 11.7. The number of hydrogen-bond acceptors (Lipinski definition) is 2. The molecule has 0 spiro atoms. The topological polar surface area (TPSA) is 41.1 Å². The summed E-state index contributed by atoms with van der Waals surface area (Å²) in [5.41, 5.74) is 1.53. The van der Waals surface area contributed by atoms with E-state index in [1.165, 1.54) is 6.07 Å². The van der Waals surface area contributed by atoms with Crippen LogP contribution in [0.2, 0.25) is 5.02 Å². The van der Waals surface area contributed by atoms with Crippen LogP contribution >= 0.6 is 11.6 Å². The van der Waals surface area contributed by atoms with Crippen molar-refractivity contribution in [1.82, 2.24) is 5.32 Å². The quantitative estimate of drug-likeness (QED) is 0.906. The SMILES string of the molecule is CNc1ccc(Cl)cc1C(=O)NCc1ccccc1F. The van der Waals surface area contributed by atoms with Crippen LogP contribution in [0.25, 0.3) is 0 Å². The van der Waals surface area contributed by atoms with Gasteiger partial charge in [-0.2, -0.15) is 0 Å². The molecular weight excluding hydrogens is 279 g/mol. The fourth-order valence-corrected chi connectivity index (χ4v) is 2.01. The van der Waals surface area contributed by atoms with Crippen molar-refractivity contribution in [3.63, 3.8) is 0 Å². The van der Waals surface area contributed by atoms with Crippen LogP contribution in [0.3, 0.4) is 0 Å². The molecule has 0 radical (unpaired) electrons. The number of rotatable bonds is 4. The average molecular weight is 293 g/mol. The number of amides is 1. The summed E-state index contributed by atoms with van der Waals surface area (Å²) < 4.78 is 13.5. The number of benzene rings is 2. The molecule has 0 aliphatic carbocycles. The summed E-state index contributed by atoms with van der Waals surface area (Å²) in [6.07, 6.45) is 0. The maximum Gasteiger partial charge on any atom is 0.253 e. The van der Waals surface area contributed by atoms with Gasteiger partial charge in [-0.1, -0.05) is 29.8 Å². The van der Waals surface area contributed by atoms with E-state index in [2.05, 4.69) is 10.6 Å². The first kappa shape index (κ1) is 14.3. The van der Waals surface area contributed by atoms with Crippen LogP contribution in [0.1, 0.15) is 15.9 Å². The van der Waals surface area contributed by atoms with Gasteiger partial charge in [0.25, 0.3) is 5.91 Å². The first-order valence-corrected chi connectivity index (χ1v) is 6.48. The van der Waals surface area contributed by atoms with Crippen molar-refractivity contribution in [1.29, 1.82) is 0 Å². The van der Waals surface area contributed by atoms with Gasteiger partial charge < -0.3 is 10.6 Å². The third-order valence-corrected chi connectivity index (χ3v) is 3.13. The van der Waals surface area contributed by atoms with E-state index < -0.39 is 0 Å². The molecule has 1 amide bonds. The maximum absolute atomic E-state index is 13.5. The lowest BCUT2D eigenvalue weighted by molar-refractivity contribution is 0.0951. The van der Waals surface area contributed by atoms with Crippen LogP contribution in [0.15, 0.2) is 42.5 Å². The number of carbonyl (C=O) groups excluding carboxylic acids is 1. The summed E-state index contributed by atoms with van der Waals surface area (Å²) in [7, 11) is 1.72. The molecule has 0 heterocycles. The number of nitrogens with one attached hydrogen (secondary N) is 2. The third-order valence-electron chi connectivity index (χ3n) is 2.89. The van der Waals surface area contributed by atoms with E-state index in [0.29, 0.717) is 21.8 Å². The molecule has 0 fully saturated rings. The van der Waals surface area contributed by atoms with E-state index >= 15 is 0 Å². The predicted octanol–water partition coefficient (Wildman–Crippen LogP) is 3.45. The molecule has 3 nitrogen and oxygen atoms in total. The second-order valence-corrected chi connectivity index (χ2v) is 4.65. The van der Waals surface area contributed by atoms with Gasteiger partial charge in [-0.3, -0.25) is 4.79 Å². The van der Waals surface area contributed by atoms with E-state index in [-0.39, 0.29) is 18.3 Å². The van der Waals surface area contributed by atoms with Crippen LogP contribution < -0.4 is 10.6 Å². The molecule has 2 aromatic rings. The smallest absolute Gasteiger partial charge is 0.253 e. The largest absolute Gasteiger partial charge is 0.387 e. The number of hydrogen-bond donors (Lipinski definition) is 2. The molecule has 0 saturated heterocycles. The molecule has 2 rings (SSSR count). The molecule has 0 unspecified atom stereocenters. The Labute approximate surface area is 121 Å². The Morgan fingerprint density at radius 2 is 2.00 bits per heavy atom. The Morgan fingerprint density at radius 3 is 2.70 bits per heavy atom. The van der Waals surface area contributed by atoms with Crippen LogP contribution in [-0.2, 0) is 6.54 Å². The summed E-state index contributed by atoms with van der Waals surface area (Å²) in [6.45, 7) is 0.126. The van der Waals surface area contributed by atoms with Crippen molar-refractivity contribution in [3.8, 4) is 0 Å². The molecule has 2 aromatic carbocycles. The molecule has 0 aromatic heterocycles. The van der Waals surface area contributed by atoms with Crippen LogP contribution in [0.5, 0.6) is 0 Å². The fraction of sp³-hybridized carbons (Fsp3) is 0.133. The highest BCUT2D eigenvalue weighted by atomic mass is 35.5. The molecule has 104 valence electrons. The minimum Gasteiger partial charge on any atom is -0.387 e. The van der Waals surface area contributed by atoms with Gasteiger partial charge in [0.05, 0.1) is 5.56 Å². The Hall–Kier alpha value is -2.07. The molecule has 0 bridgehead atoms. The standard InChI is InChI=1S/C15H14ClFN2O/c1-18-14-7-6-11(16)8-12(14)15(20)19-9-10-4-2-3-5-13(10)17/h2-8,18H,9H2,1H3,(H,19,20). The Balaban J connectivity index is 2.13. The second-order valence-electron chi connectivity index (χ2n) is 4.21. The zero-order valence-electron chi connectivity index (χ0n) is 10.9. The highest BCUT2D eigenvalue weighted by Gasteiger charge is 2.12. The van der Waals surface area contributed by atoms with E-state index in [9.17, 15) is 9.18 Å². The van der Waals surface area contributed by atoms with Gasteiger partial charge in [0.15, 0.2) is 0 Å². The normalized spacial score (nSPS) is 10.2. The van der Waals surface area contributed by atoms with Crippen LogP contribution in [0, 0.1) is 5.82 Å². The second kappa shape index (κ2) is 6.39. The minimum absolute atomic E-state index is 0.126. The van der Waals surface area contributed by atoms with Crippen LogP contribution in [0.4, 0.5) is 10.1 Å². The van der Waals surface area contributed by atoms with Crippen molar-refractivity contribution in [3.05, 3.63) is 64.4 Å². The molecule has 0 atom stereocenters. The van der Waals surface area contributed by atoms with Crippen molar-refractivity contribution >= 4 is 23.2 Å². The number of halogens is 2. The molecule has 0 aliphatic rings. The highest BCUT2D eigenvalue weighted by Crippen LogP contribution is 2.20. The summed E-state index contributed by atoms with van der Waals surface area (Å²) in [5, 5.41) is 6.07. The van der Waals surface area contributed by atoms with Crippen molar-refractivity contribution < 1.29 is 9.18 Å². The molecule has 0 aliphatic heterocycles. The first-order valence-electron chi connectivity index (χ1n) is 6.10. The fourth-order valence-electron chi connectivity index (χ4n) is 1.83. The summed E-state index contributed by atoms with van der Waals surface area (Å²) in [6, 6.07) is 11.3. The summed E-state index contributed by atoms with van der Waals surface area (Å²) in [4.78, 5) is 12.1. The predicted molar refractivity (Wildman–Crippen MR) is 78.6 cm³/mol. The Kier molecular flexibility index (Phi) is 4.58. The molecular formula is C15H14ClFN2O. The molecule has 0 saturated carbocycles. The lowest BCUT2D eigenvalue weighted by Gasteiger charge is -2.10. The Bertz CT molecular complexity index is 631. The van der Waals surface area contributed by atoms with E-state index in [0.717, 1.165) is 0 Å². The van der Waals surface area contributed by atoms with Crippen molar-refractivity contribution in [2.24, 2.45) is 0 Å². The molecule has 5 heteroatoms. The number of anilines is 1. The minimum atomic E-state index is -0.340.